The summed E-state index contributed by atoms with van der Waals surface area (Å²) in [6, 6.07) is 11.3. The minimum absolute atomic E-state index is 0.00165. The number of fused-ring (bicyclic) bond motifs is 6. The maximum Gasteiger partial charge on any atom is 0.372 e. The van der Waals surface area contributed by atoms with Gasteiger partial charge in [0.05, 0.1) is 17.9 Å². The average Bonchev–Trinajstić information content (AvgIpc) is 3.10. The highest BCUT2D eigenvalue weighted by atomic mass is 16.7. The lowest BCUT2D eigenvalue weighted by atomic mass is 10.0. The molecule has 0 saturated heterocycles. The van der Waals surface area contributed by atoms with E-state index < -0.39 is 0 Å². The van der Waals surface area contributed by atoms with E-state index in [4.69, 9.17) is 13.9 Å². The Morgan fingerprint density at radius 1 is 1.00 bits per heavy atom. The molecule has 0 amide bonds. The Hall–Kier alpha value is -2.88. The van der Waals surface area contributed by atoms with Crippen molar-refractivity contribution in [3.63, 3.8) is 0 Å². The molecule has 4 nitrogen and oxygen atoms in total. The summed E-state index contributed by atoms with van der Waals surface area (Å²) in [6.07, 6.45) is 0. The minimum Gasteiger partial charge on any atom is -0.454 e. The number of ether oxygens (including phenoxy) is 2. The summed E-state index contributed by atoms with van der Waals surface area (Å²) in [5.74, 6) is 2.76. The Balaban J connectivity index is 1.94. The van der Waals surface area contributed by atoms with Crippen LogP contribution in [0.25, 0.3) is 22.1 Å². The molecule has 0 spiro atoms. The molecule has 2 aliphatic rings. The second kappa shape index (κ2) is 3.85. The van der Waals surface area contributed by atoms with Crippen molar-refractivity contribution in [1.82, 2.24) is 0 Å². The third-order valence-electron chi connectivity index (χ3n) is 4.29. The van der Waals surface area contributed by atoms with Crippen molar-refractivity contribution in [3.8, 4) is 22.8 Å². The third-order valence-corrected chi connectivity index (χ3v) is 4.29. The van der Waals surface area contributed by atoms with Crippen molar-refractivity contribution in [3.05, 3.63) is 53.3 Å². The predicted molar refractivity (Wildman–Crippen MR) is 80.3 cm³/mol. The molecule has 22 heavy (non-hydrogen) atoms. The van der Waals surface area contributed by atoms with Crippen LogP contribution in [-0.4, -0.2) is 12.6 Å². The molecule has 106 valence electrons. The Kier molecular flexibility index (Phi) is 2.06. The molecule has 0 atom stereocenters. The van der Waals surface area contributed by atoms with Crippen LogP contribution in [0, 0.1) is 6.92 Å². The number of hydrogen-bond donors (Lipinski definition) is 0. The fourth-order valence-corrected chi connectivity index (χ4v) is 3.25. The molecule has 1 aliphatic heterocycles. The maximum absolute atomic E-state index is 12.8. The monoisotopic (exact) mass is 291 g/mol. The first kappa shape index (κ1) is 11.7. The molecule has 0 radical (unpaired) electrons. The van der Waals surface area contributed by atoms with Gasteiger partial charge in [-0.15, -0.1) is 0 Å². The van der Waals surface area contributed by atoms with Crippen LogP contribution < -0.4 is 9.47 Å². The molecule has 1 aromatic heterocycles. The molecule has 4 heteroatoms. The first-order valence-electron chi connectivity index (χ1n) is 7.08. The number of aryl methyl sites for hydroxylation is 1. The second-order valence-electron chi connectivity index (χ2n) is 5.49. The lowest BCUT2D eigenvalue weighted by Crippen LogP contribution is -1.97. The van der Waals surface area contributed by atoms with Crippen molar-refractivity contribution in [2.24, 2.45) is 0 Å². The average molecular weight is 291 g/mol. The summed E-state index contributed by atoms with van der Waals surface area (Å²) in [4.78, 5) is 12.8. The fraction of sp³-hybridized carbons (Fsp3) is 0.111. The zero-order valence-electron chi connectivity index (χ0n) is 11.8. The van der Waals surface area contributed by atoms with E-state index in [1.54, 1.807) is 0 Å². The number of hydrogen-bond acceptors (Lipinski definition) is 3. The molecule has 5 rings (SSSR count). The number of benzene rings is 2. The van der Waals surface area contributed by atoms with Crippen LogP contribution in [0.5, 0.6) is 11.5 Å². The number of ketones is 1. The molecule has 1 aliphatic carbocycles. The lowest BCUT2D eigenvalue weighted by Gasteiger charge is -2.01. The molecule has 0 unspecified atom stereocenters. The van der Waals surface area contributed by atoms with Gasteiger partial charge in [-0.25, -0.2) is 4.42 Å². The van der Waals surface area contributed by atoms with Crippen LogP contribution >= 0.6 is 0 Å². The van der Waals surface area contributed by atoms with Gasteiger partial charge in [-0.1, -0.05) is 18.2 Å². The Bertz CT molecular complexity index is 988. The quantitative estimate of drug-likeness (QED) is 0.460. The van der Waals surface area contributed by atoms with Gasteiger partial charge in [0.25, 0.3) is 0 Å². The van der Waals surface area contributed by atoms with Gasteiger partial charge in [-0.3, -0.25) is 4.79 Å². The zero-order valence-corrected chi connectivity index (χ0v) is 11.8. The number of carbonyl (C=O) groups excluding carboxylic acids is 1. The highest BCUT2D eigenvalue weighted by Crippen LogP contribution is 2.45. The van der Waals surface area contributed by atoms with Crippen molar-refractivity contribution in [2.45, 2.75) is 6.92 Å². The Morgan fingerprint density at radius 2 is 1.68 bits per heavy atom. The van der Waals surface area contributed by atoms with Gasteiger partial charge >= 0.3 is 11.5 Å². The Labute approximate surface area is 125 Å². The van der Waals surface area contributed by atoms with Gasteiger partial charge in [0.15, 0.2) is 11.5 Å². The van der Waals surface area contributed by atoms with E-state index in [0.717, 1.165) is 22.1 Å². The van der Waals surface area contributed by atoms with E-state index in [1.165, 1.54) is 0 Å². The lowest BCUT2D eigenvalue weighted by molar-refractivity contribution is 0.104. The van der Waals surface area contributed by atoms with Gasteiger partial charge < -0.3 is 9.47 Å². The normalized spacial score (nSPS) is 14.3. The molecule has 2 heterocycles. The van der Waals surface area contributed by atoms with Crippen molar-refractivity contribution >= 4 is 16.6 Å². The number of carbonyl (C=O) groups is 1. The van der Waals surface area contributed by atoms with Gasteiger partial charge in [0, 0.05) is 17.0 Å². The molecule has 0 saturated carbocycles. The molecule has 3 aromatic rings. The molecule has 0 fully saturated rings. The largest absolute Gasteiger partial charge is 0.454 e. The highest BCUT2D eigenvalue weighted by molar-refractivity contribution is 6.26. The van der Waals surface area contributed by atoms with Gasteiger partial charge in [0.1, 0.15) is 5.56 Å². The van der Waals surface area contributed by atoms with E-state index >= 15 is 0 Å². The molecule has 2 aromatic carbocycles. The molecule has 0 bridgehead atoms. The Morgan fingerprint density at radius 3 is 2.45 bits per heavy atom. The van der Waals surface area contributed by atoms with E-state index in [0.29, 0.717) is 28.4 Å². The van der Waals surface area contributed by atoms with E-state index in [1.807, 2.05) is 43.3 Å². The van der Waals surface area contributed by atoms with E-state index in [-0.39, 0.29) is 12.6 Å². The van der Waals surface area contributed by atoms with Crippen LogP contribution in [-0.2, 0) is 0 Å². The van der Waals surface area contributed by atoms with Crippen LogP contribution in [0.1, 0.15) is 21.7 Å². The molecule has 0 N–H and O–H groups in total. The van der Waals surface area contributed by atoms with Crippen LogP contribution in [0.4, 0.5) is 0 Å². The standard InChI is InChI=1S/C18H11O4/c1-9-12-6-14-15(21-8-20-14)7-13(12)16-17(19)10-4-2-3-5-11(10)18(16)22-9/h2-7H,8H2,1H3/q+1. The topological polar surface area (TPSA) is 46.8 Å². The first-order valence-corrected chi connectivity index (χ1v) is 7.08. The summed E-state index contributed by atoms with van der Waals surface area (Å²) < 4.78 is 16.8. The third kappa shape index (κ3) is 1.32. The first-order chi connectivity index (χ1) is 10.7. The zero-order chi connectivity index (χ0) is 14.8. The maximum atomic E-state index is 12.8. The van der Waals surface area contributed by atoms with E-state index in [9.17, 15) is 4.79 Å². The summed E-state index contributed by atoms with van der Waals surface area (Å²) in [6.45, 7) is 2.11. The van der Waals surface area contributed by atoms with Crippen LogP contribution in [0.2, 0.25) is 0 Å². The van der Waals surface area contributed by atoms with Crippen molar-refractivity contribution < 1.29 is 18.7 Å². The van der Waals surface area contributed by atoms with Crippen LogP contribution in [0.3, 0.4) is 0 Å². The van der Waals surface area contributed by atoms with Gasteiger partial charge in [-0.2, -0.15) is 0 Å². The summed E-state index contributed by atoms with van der Waals surface area (Å²) in [5.41, 5.74) is 2.15. The predicted octanol–water partition coefficient (Wildman–Crippen LogP) is 3.96. The second-order valence-corrected chi connectivity index (χ2v) is 5.49. The summed E-state index contributed by atoms with van der Waals surface area (Å²) >= 11 is 0. The number of rotatable bonds is 0. The summed E-state index contributed by atoms with van der Waals surface area (Å²) in [7, 11) is 0. The van der Waals surface area contributed by atoms with Crippen molar-refractivity contribution in [1.29, 1.82) is 0 Å². The smallest absolute Gasteiger partial charge is 0.372 e. The highest BCUT2D eigenvalue weighted by Gasteiger charge is 2.39. The molecular formula is C18H11O4+. The summed E-state index contributed by atoms with van der Waals surface area (Å²) in [5, 5.41) is 1.73. The fourth-order valence-electron chi connectivity index (χ4n) is 3.25. The van der Waals surface area contributed by atoms with Crippen LogP contribution in [0.15, 0.2) is 40.8 Å². The SMILES string of the molecule is Cc1[o+]c2c(c3cc4c(cc13)OCO4)C(=O)c1ccccc1-2. The van der Waals surface area contributed by atoms with E-state index in [2.05, 4.69) is 0 Å². The molecular weight excluding hydrogens is 280 g/mol. The van der Waals surface area contributed by atoms with Crippen molar-refractivity contribution in [2.75, 3.05) is 6.79 Å². The minimum atomic E-state index is -0.00165. The van der Waals surface area contributed by atoms with Gasteiger partial charge in [0.2, 0.25) is 12.6 Å². The van der Waals surface area contributed by atoms with Gasteiger partial charge in [-0.05, 0) is 12.1 Å².